The highest BCUT2D eigenvalue weighted by atomic mass is 19.4. The molecule has 12 heteroatoms. The predicted molar refractivity (Wildman–Crippen MR) is 120 cm³/mol. The maximum absolute atomic E-state index is 14.0. The van der Waals surface area contributed by atoms with Gasteiger partial charge in [0.15, 0.2) is 0 Å². The molecule has 2 N–H and O–H groups in total. The molecule has 0 bridgehead atoms. The van der Waals surface area contributed by atoms with Crippen molar-refractivity contribution in [3.63, 3.8) is 0 Å². The number of amides is 2. The number of nitrogens with zero attached hydrogens (tertiary/aromatic N) is 2. The second kappa shape index (κ2) is 10.1. The number of carboxylic acid groups (broad SMARTS) is 1. The number of rotatable bonds is 5. The normalized spacial score (nSPS) is 18.1. The van der Waals surface area contributed by atoms with Crippen molar-refractivity contribution in [1.82, 2.24) is 15.2 Å². The number of halogens is 4. The van der Waals surface area contributed by atoms with E-state index in [-0.39, 0.29) is 41.8 Å². The molecule has 1 aromatic heterocycles. The lowest BCUT2D eigenvalue weighted by Crippen LogP contribution is -2.49. The van der Waals surface area contributed by atoms with Gasteiger partial charge in [-0.25, -0.2) is 14.0 Å². The second-order valence-corrected chi connectivity index (χ2v) is 9.33. The van der Waals surface area contributed by atoms with Crippen LogP contribution in [0.25, 0.3) is 11.1 Å². The topological polar surface area (TPSA) is 109 Å². The van der Waals surface area contributed by atoms with Gasteiger partial charge in [-0.3, -0.25) is 14.7 Å². The highest BCUT2D eigenvalue weighted by Crippen LogP contribution is 2.32. The zero-order chi connectivity index (χ0) is 26.8. The maximum Gasteiger partial charge on any atom is 0.416 e. The Balaban J connectivity index is 1.78. The molecule has 2 aromatic rings. The van der Waals surface area contributed by atoms with Gasteiger partial charge in [0.05, 0.1) is 29.8 Å². The van der Waals surface area contributed by atoms with Gasteiger partial charge in [0.2, 0.25) is 5.91 Å². The molecule has 194 valence electrons. The van der Waals surface area contributed by atoms with Gasteiger partial charge in [0, 0.05) is 12.6 Å². The Kier molecular flexibility index (Phi) is 7.56. The number of carboxylic acids is 1. The van der Waals surface area contributed by atoms with Crippen molar-refractivity contribution in [2.45, 2.75) is 57.7 Å². The van der Waals surface area contributed by atoms with Crippen LogP contribution in [0.4, 0.5) is 22.4 Å². The number of hydrogen-bond donors (Lipinski definition) is 2. The third-order valence-corrected chi connectivity index (χ3v) is 5.26. The zero-order valence-electron chi connectivity index (χ0n) is 19.7. The molecule has 1 saturated heterocycles. The van der Waals surface area contributed by atoms with Crippen molar-refractivity contribution >= 4 is 18.0 Å². The molecule has 8 nitrogen and oxygen atoms in total. The Morgan fingerprint density at radius 3 is 2.36 bits per heavy atom. The van der Waals surface area contributed by atoms with E-state index in [9.17, 15) is 37.1 Å². The summed E-state index contributed by atoms with van der Waals surface area (Å²) >= 11 is 0. The summed E-state index contributed by atoms with van der Waals surface area (Å²) in [7, 11) is 0. The monoisotopic (exact) mass is 511 g/mol. The third kappa shape index (κ3) is 6.70. The minimum Gasteiger partial charge on any atom is -0.478 e. The number of hydrogen-bond acceptors (Lipinski definition) is 5. The average Bonchev–Trinajstić information content (AvgIpc) is 3.11. The van der Waals surface area contributed by atoms with Gasteiger partial charge in [-0.2, -0.15) is 13.2 Å². The van der Waals surface area contributed by atoms with Crippen LogP contribution in [0.5, 0.6) is 0 Å². The minimum atomic E-state index is -4.55. The lowest BCUT2D eigenvalue weighted by atomic mass is 9.98. The molecular weight excluding hydrogens is 486 g/mol. The van der Waals surface area contributed by atoms with E-state index in [1.165, 1.54) is 6.07 Å². The van der Waals surface area contributed by atoms with E-state index in [1.54, 1.807) is 20.8 Å². The molecule has 1 fully saturated rings. The number of alkyl halides is 4. The summed E-state index contributed by atoms with van der Waals surface area (Å²) in [5, 5.41) is 12.0. The van der Waals surface area contributed by atoms with Crippen molar-refractivity contribution in [2.24, 2.45) is 0 Å². The molecule has 3 rings (SSSR count). The first-order valence-electron chi connectivity index (χ1n) is 11.0. The first-order chi connectivity index (χ1) is 16.6. The number of carbonyl (C=O) groups excluding carboxylic acids is 2. The molecule has 2 atom stereocenters. The van der Waals surface area contributed by atoms with Gasteiger partial charge in [-0.15, -0.1) is 0 Å². The van der Waals surface area contributed by atoms with E-state index in [1.807, 2.05) is 0 Å². The number of aromatic nitrogens is 1. The lowest BCUT2D eigenvalue weighted by Gasteiger charge is -2.28. The summed E-state index contributed by atoms with van der Waals surface area (Å²) in [5.74, 6) is -1.96. The number of pyridine rings is 1. The van der Waals surface area contributed by atoms with Crippen molar-refractivity contribution in [2.75, 3.05) is 6.54 Å². The third-order valence-electron chi connectivity index (χ3n) is 5.26. The molecular formula is C24H25F4N3O5. The molecule has 2 amide bonds. The summed E-state index contributed by atoms with van der Waals surface area (Å²) < 4.78 is 57.9. The van der Waals surface area contributed by atoms with Crippen LogP contribution in [0.15, 0.2) is 36.5 Å². The van der Waals surface area contributed by atoms with Gasteiger partial charge in [0.1, 0.15) is 17.9 Å². The van der Waals surface area contributed by atoms with Gasteiger partial charge in [0.25, 0.3) is 0 Å². The molecule has 0 spiro atoms. The number of aromatic carboxylic acids is 1. The predicted octanol–water partition coefficient (Wildman–Crippen LogP) is 4.43. The van der Waals surface area contributed by atoms with Crippen molar-refractivity contribution < 1.29 is 41.8 Å². The summed E-state index contributed by atoms with van der Waals surface area (Å²) in [6.07, 6.45) is -7.10. The smallest absolute Gasteiger partial charge is 0.416 e. The Bertz CT molecular complexity index is 1150. The molecule has 1 aromatic carbocycles. The SMILES string of the molecule is CC(C)(C)OC(=O)N1C[C@H](F)C[C@H]1NC(=O)Cc1cc(-c2ccc(C(F)(F)F)cc2)c(C(=O)O)cn1. The highest BCUT2D eigenvalue weighted by Gasteiger charge is 2.38. The second-order valence-electron chi connectivity index (χ2n) is 9.33. The molecule has 0 radical (unpaired) electrons. The highest BCUT2D eigenvalue weighted by molar-refractivity contribution is 5.96. The van der Waals surface area contributed by atoms with Crippen LogP contribution in [0, 0.1) is 0 Å². The molecule has 1 aliphatic rings. The summed E-state index contributed by atoms with van der Waals surface area (Å²) in [5.41, 5.74) is -1.57. The number of benzene rings is 1. The van der Waals surface area contributed by atoms with Gasteiger partial charge >= 0.3 is 18.2 Å². The van der Waals surface area contributed by atoms with E-state index in [4.69, 9.17) is 4.74 Å². The largest absolute Gasteiger partial charge is 0.478 e. The first-order valence-corrected chi connectivity index (χ1v) is 11.0. The molecule has 36 heavy (non-hydrogen) atoms. The quantitative estimate of drug-likeness (QED) is 0.575. The minimum absolute atomic E-state index is 0.0779. The van der Waals surface area contributed by atoms with Gasteiger partial charge in [-0.05, 0) is 50.1 Å². The average molecular weight is 511 g/mol. The summed E-state index contributed by atoms with van der Waals surface area (Å²) in [4.78, 5) is 41.7. The fraction of sp³-hybridized carbons (Fsp3) is 0.417. The van der Waals surface area contributed by atoms with E-state index >= 15 is 0 Å². The maximum atomic E-state index is 14.0. The van der Waals surface area contributed by atoms with Crippen LogP contribution in [0.3, 0.4) is 0 Å². The van der Waals surface area contributed by atoms with Crippen LogP contribution in [0.2, 0.25) is 0 Å². The number of ether oxygens (including phenoxy) is 1. The number of nitrogens with one attached hydrogen (secondary N) is 1. The number of carbonyl (C=O) groups is 3. The Hall–Kier alpha value is -3.70. The van der Waals surface area contributed by atoms with E-state index in [0.717, 1.165) is 35.4 Å². The van der Waals surface area contributed by atoms with E-state index in [0.29, 0.717) is 0 Å². The van der Waals surface area contributed by atoms with Gasteiger partial charge < -0.3 is 15.2 Å². The Morgan fingerprint density at radius 1 is 1.17 bits per heavy atom. The molecule has 0 saturated carbocycles. The summed E-state index contributed by atoms with van der Waals surface area (Å²) in [6, 6.07) is 5.21. The molecule has 2 heterocycles. The van der Waals surface area contributed by atoms with Crippen LogP contribution in [0.1, 0.15) is 48.8 Å². The molecule has 1 aliphatic heterocycles. The van der Waals surface area contributed by atoms with Crippen LogP contribution in [-0.4, -0.2) is 57.4 Å². The number of likely N-dealkylation sites (tertiary alicyclic amines) is 1. The standard InChI is InChI=1S/C24H25F4N3O5/c1-23(2,3)36-22(35)31-12-15(25)8-19(31)30-20(32)10-16-9-17(18(11-29-16)21(33)34)13-4-6-14(7-5-13)24(26,27)28/h4-7,9,11,15,19H,8,10,12H2,1-3H3,(H,30,32)(H,33,34)/t15-,19+/m1/s1. The lowest BCUT2D eigenvalue weighted by molar-refractivity contribution is -0.137. The summed E-state index contributed by atoms with van der Waals surface area (Å²) in [6.45, 7) is 4.72. The van der Waals surface area contributed by atoms with E-state index in [2.05, 4.69) is 10.3 Å². The molecule has 0 aliphatic carbocycles. The van der Waals surface area contributed by atoms with Crippen molar-refractivity contribution in [3.8, 4) is 11.1 Å². The molecule has 0 unspecified atom stereocenters. The Labute approximate surface area is 204 Å². The fourth-order valence-corrected chi connectivity index (χ4v) is 3.69. The van der Waals surface area contributed by atoms with Crippen molar-refractivity contribution in [1.29, 1.82) is 0 Å². The van der Waals surface area contributed by atoms with Gasteiger partial charge in [-0.1, -0.05) is 12.1 Å². The zero-order valence-corrected chi connectivity index (χ0v) is 19.7. The first kappa shape index (κ1) is 26.9. The van der Waals surface area contributed by atoms with Crippen LogP contribution >= 0.6 is 0 Å². The Morgan fingerprint density at radius 2 is 1.81 bits per heavy atom. The fourth-order valence-electron chi connectivity index (χ4n) is 3.69. The van der Waals surface area contributed by atoms with Crippen LogP contribution in [-0.2, 0) is 22.1 Å². The van der Waals surface area contributed by atoms with E-state index < -0.39 is 47.6 Å². The van der Waals surface area contributed by atoms with Crippen LogP contribution < -0.4 is 5.32 Å². The van der Waals surface area contributed by atoms with Crippen molar-refractivity contribution in [3.05, 3.63) is 53.3 Å².